The first-order valence-corrected chi connectivity index (χ1v) is 7.07. The SMILES string of the molecule is CNC(c1ccncc1F)C(OC)C1CCCCC1. The van der Waals surface area contributed by atoms with Gasteiger partial charge in [-0.2, -0.15) is 0 Å². The number of methoxy groups -OCH3 is 1. The number of nitrogens with one attached hydrogen (secondary N) is 1. The highest BCUT2D eigenvalue weighted by atomic mass is 19.1. The second-order valence-electron chi connectivity index (χ2n) is 5.26. The van der Waals surface area contributed by atoms with E-state index in [1.54, 1.807) is 19.4 Å². The summed E-state index contributed by atoms with van der Waals surface area (Å²) in [7, 11) is 3.59. The number of ether oxygens (including phenoxy) is 1. The van der Waals surface area contributed by atoms with Gasteiger partial charge in [0.15, 0.2) is 0 Å². The normalized spacial score (nSPS) is 20.2. The fourth-order valence-electron chi connectivity index (χ4n) is 3.20. The quantitative estimate of drug-likeness (QED) is 0.889. The highest BCUT2D eigenvalue weighted by Gasteiger charge is 2.32. The van der Waals surface area contributed by atoms with Gasteiger partial charge in [0.1, 0.15) is 5.82 Å². The first-order chi connectivity index (χ1) is 9.27. The minimum atomic E-state index is -0.264. The number of pyridine rings is 1. The van der Waals surface area contributed by atoms with Crippen molar-refractivity contribution >= 4 is 0 Å². The van der Waals surface area contributed by atoms with E-state index in [0.29, 0.717) is 11.5 Å². The molecule has 1 aromatic rings. The Morgan fingerprint density at radius 3 is 2.68 bits per heavy atom. The topological polar surface area (TPSA) is 34.2 Å². The molecule has 0 amide bonds. The number of aromatic nitrogens is 1. The molecule has 2 atom stereocenters. The van der Waals surface area contributed by atoms with Crippen molar-refractivity contribution in [3.05, 3.63) is 29.8 Å². The van der Waals surface area contributed by atoms with Crippen molar-refractivity contribution in [2.24, 2.45) is 5.92 Å². The zero-order chi connectivity index (χ0) is 13.7. The maximum Gasteiger partial charge on any atom is 0.146 e. The Morgan fingerprint density at radius 1 is 1.37 bits per heavy atom. The Kier molecular flexibility index (Phi) is 5.28. The molecule has 0 radical (unpaired) electrons. The monoisotopic (exact) mass is 266 g/mol. The summed E-state index contributed by atoms with van der Waals surface area (Å²) < 4.78 is 19.6. The van der Waals surface area contributed by atoms with Crippen LogP contribution in [0.4, 0.5) is 4.39 Å². The van der Waals surface area contributed by atoms with Crippen molar-refractivity contribution in [3.63, 3.8) is 0 Å². The molecule has 0 spiro atoms. The van der Waals surface area contributed by atoms with Crippen LogP contribution in [0.1, 0.15) is 43.7 Å². The molecule has 2 rings (SSSR count). The van der Waals surface area contributed by atoms with Crippen molar-refractivity contribution in [1.29, 1.82) is 0 Å². The first kappa shape index (κ1) is 14.4. The molecule has 0 aliphatic heterocycles. The van der Waals surface area contributed by atoms with E-state index >= 15 is 0 Å². The standard InChI is InChI=1S/C15H23FN2O/c1-17-14(12-8-9-18-10-13(12)16)15(19-2)11-6-4-3-5-7-11/h8-11,14-15,17H,3-7H2,1-2H3. The van der Waals surface area contributed by atoms with Gasteiger partial charge in [0.25, 0.3) is 0 Å². The van der Waals surface area contributed by atoms with E-state index in [0.717, 1.165) is 0 Å². The second kappa shape index (κ2) is 6.96. The maximum absolute atomic E-state index is 13.9. The van der Waals surface area contributed by atoms with Crippen LogP contribution in [0.15, 0.2) is 18.5 Å². The van der Waals surface area contributed by atoms with Crippen molar-refractivity contribution < 1.29 is 9.13 Å². The molecule has 1 fully saturated rings. The summed E-state index contributed by atoms with van der Waals surface area (Å²) in [6.07, 6.45) is 9.07. The summed E-state index contributed by atoms with van der Waals surface area (Å²) in [5, 5.41) is 3.21. The molecule has 1 aromatic heterocycles. The summed E-state index contributed by atoms with van der Waals surface area (Å²) in [6, 6.07) is 1.63. The fourth-order valence-corrected chi connectivity index (χ4v) is 3.20. The summed E-state index contributed by atoms with van der Waals surface area (Å²) in [6.45, 7) is 0. The van der Waals surface area contributed by atoms with E-state index in [9.17, 15) is 4.39 Å². The molecule has 106 valence electrons. The maximum atomic E-state index is 13.9. The Morgan fingerprint density at radius 2 is 2.11 bits per heavy atom. The second-order valence-corrected chi connectivity index (χ2v) is 5.26. The summed E-state index contributed by atoms with van der Waals surface area (Å²) in [5.41, 5.74) is 0.648. The van der Waals surface area contributed by atoms with Crippen LogP contribution in [0.2, 0.25) is 0 Å². The van der Waals surface area contributed by atoms with Gasteiger partial charge < -0.3 is 10.1 Å². The van der Waals surface area contributed by atoms with Gasteiger partial charge in [-0.15, -0.1) is 0 Å². The zero-order valence-corrected chi connectivity index (χ0v) is 11.7. The van der Waals surface area contributed by atoms with E-state index in [1.165, 1.54) is 38.3 Å². The van der Waals surface area contributed by atoms with Gasteiger partial charge in [-0.05, 0) is 31.9 Å². The van der Waals surface area contributed by atoms with Crippen molar-refractivity contribution in [3.8, 4) is 0 Å². The van der Waals surface area contributed by atoms with E-state index in [-0.39, 0.29) is 18.0 Å². The van der Waals surface area contributed by atoms with Crippen LogP contribution in [0.5, 0.6) is 0 Å². The molecule has 2 unspecified atom stereocenters. The van der Waals surface area contributed by atoms with E-state index in [4.69, 9.17) is 4.74 Å². The number of rotatable bonds is 5. The number of nitrogens with zero attached hydrogens (tertiary/aromatic N) is 1. The van der Waals surface area contributed by atoms with Crippen LogP contribution < -0.4 is 5.32 Å². The molecule has 4 heteroatoms. The highest BCUT2D eigenvalue weighted by molar-refractivity contribution is 5.19. The molecule has 0 aromatic carbocycles. The van der Waals surface area contributed by atoms with Crippen LogP contribution in [0.25, 0.3) is 0 Å². The van der Waals surface area contributed by atoms with E-state index in [1.807, 2.05) is 7.05 Å². The highest BCUT2D eigenvalue weighted by Crippen LogP contribution is 2.34. The molecule has 3 nitrogen and oxygen atoms in total. The Balaban J connectivity index is 2.20. The summed E-state index contributed by atoms with van der Waals surface area (Å²) in [4.78, 5) is 3.82. The Hall–Kier alpha value is -1.00. The molecule has 1 heterocycles. The molecule has 1 aliphatic carbocycles. The molecular weight excluding hydrogens is 243 g/mol. The van der Waals surface area contributed by atoms with Crippen LogP contribution in [-0.4, -0.2) is 25.2 Å². The van der Waals surface area contributed by atoms with Gasteiger partial charge in [-0.25, -0.2) is 4.39 Å². The van der Waals surface area contributed by atoms with Gasteiger partial charge >= 0.3 is 0 Å². The molecule has 0 saturated heterocycles. The number of hydrogen-bond acceptors (Lipinski definition) is 3. The van der Waals surface area contributed by atoms with E-state index < -0.39 is 0 Å². The lowest BCUT2D eigenvalue weighted by Crippen LogP contribution is -2.38. The van der Waals surface area contributed by atoms with Crippen LogP contribution in [0, 0.1) is 11.7 Å². The van der Waals surface area contributed by atoms with Crippen molar-refractivity contribution in [2.45, 2.75) is 44.2 Å². The van der Waals surface area contributed by atoms with Crippen LogP contribution in [-0.2, 0) is 4.74 Å². The molecule has 19 heavy (non-hydrogen) atoms. The third kappa shape index (κ3) is 3.31. The number of hydrogen-bond donors (Lipinski definition) is 1. The van der Waals surface area contributed by atoms with Gasteiger partial charge in [0, 0.05) is 18.9 Å². The summed E-state index contributed by atoms with van der Waals surface area (Å²) in [5.74, 6) is 0.239. The Bertz CT molecular complexity index is 393. The average molecular weight is 266 g/mol. The predicted octanol–water partition coefficient (Wildman–Crippen LogP) is 3.08. The molecule has 1 N–H and O–H groups in total. The smallest absolute Gasteiger partial charge is 0.146 e. The van der Waals surface area contributed by atoms with Crippen LogP contribution in [0.3, 0.4) is 0 Å². The molecular formula is C15H23FN2O. The van der Waals surface area contributed by atoms with Crippen molar-refractivity contribution in [1.82, 2.24) is 10.3 Å². The summed E-state index contributed by atoms with van der Waals surface area (Å²) >= 11 is 0. The fraction of sp³-hybridized carbons (Fsp3) is 0.667. The largest absolute Gasteiger partial charge is 0.379 e. The van der Waals surface area contributed by atoms with Gasteiger partial charge in [-0.1, -0.05) is 19.3 Å². The minimum Gasteiger partial charge on any atom is -0.379 e. The van der Waals surface area contributed by atoms with Crippen LogP contribution >= 0.6 is 0 Å². The average Bonchev–Trinajstić information content (AvgIpc) is 2.46. The number of halogens is 1. The van der Waals surface area contributed by atoms with Gasteiger partial charge in [0.05, 0.1) is 18.3 Å². The van der Waals surface area contributed by atoms with Gasteiger partial charge in [0.2, 0.25) is 0 Å². The predicted molar refractivity (Wildman–Crippen MR) is 73.4 cm³/mol. The third-order valence-corrected chi connectivity index (χ3v) is 4.17. The Labute approximate surface area is 114 Å². The molecule has 1 aliphatic rings. The lowest BCUT2D eigenvalue weighted by Gasteiger charge is -2.35. The lowest BCUT2D eigenvalue weighted by molar-refractivity contribution is 0.00855. The van der Waals surface area contributed by atoms with Crippen molar-refractivity contribution in [2.75, 3.05) is 14.2 Å². The number of likely N-dealkylation sites (N-methyl/N-ethyl adjacent to an activating group) is 1. The van der Waals surface area contributed by atoms with E-state index in [2.05, 4.69) is 10.3 Å². The third-order valence-electron chi connectivity index (χ3n) is 4.17. The molecule has 1 saturated carbocycles. The minimum absolute atomic E-state index is 0.0159. The first-order valence-electron chi connectivity index (χ1n) is 7.07. The zero-order valence-electron chi connectivity index (χ0n) is 11.7. The molecule has 0 bridgehead atoms. The lowest BCUT2D eigenvalue weighted by atomic mass is 9.81. The van der Waals surface area contributed by atoms with Gasteiger partial charge in [-0.3, -0.25) is 4.98 Å².